The highest BCUT2D eigenvalue weighted by molar-refractivity contribution is 7.97. The summed E-state index contributed by atoms with van der Waals surface area (Å²) in [6.07, 6.45) is 3.93. The van der Waals surface area contributed by atoms with Gasteiger partial charge in [-0.2, -0.15) is 0 Å². The summed E-state index contributed by atoms with van der Waals surface area (Å²) in [6, 6.07) is 96.1. The Bertz CT molecular complexity index is 4590. The molecule has 11 aromatic rings. The average Bonchev–Trinajstić information content (AvgIpc) is 0.795. The Morgan fingerprint density at radius 2 is 0.682 bits per heavy atom. The summed E-state index contributed by atoms with van der Waals surface area (Å²) < 4.78 is 32.8. The Morgan fingerprint density at radius 3 is 1.06 bits per heavy atom. The molecule has 15 heteroatoms. The van der Waals surface area contributed by atoms with Crippen molar-refractivity contribution < 1.29 is 57.2 Å². The molecule has 1 fully saturated rings. The van der Waals surface area contributed by atoms with Gasteiger partial charge in [-0.3, -0.25) is 9.59 Å². The molecule has 0 atom stereocenters. The topological polar surface area (TPSA) is 158 Å². The van der Waals surface area contributed by atoms with E-state index < -0.39 is 17.9 Å². The second-order valence-corrected chi connectivity index (χ2v) is 30.4. The fraction of sp³-hybridized carbons (Fsp3) is 0.141. The first kappa shape index (κ1) is 82.7. The van der Waals surface area contributed by atoms with Crippen molar-refractivity contribution >= 4 is 79.3 Å². The van der Waals surface area contributed by atoms with Gasteiger partial charge in [0.1, 0.15) is 29.1 Å². The van der Waals surface area contributed by atoms with Crippen LogP contribution in [0, 0.1) is 28.2 Å². The molecule has 0 unspecified atom stereocenters. The lowest BCUT2D eigenvalue weighted by atomic mass is 9.87. The van der Waals surface area contributed by atoms with Crippen molar-refractivity contribution in [3.8, 4) is 23.0 Å². The van der Waals surface area contributed by atoms with E-state index in [4.69, 9.17) is 28.4 Å². The van der Waals surface area contributed by atoms with Crippen LogP contribution in [0.1, 0.15) is 76.1 Å². The monoisotopic (exact) mass is 1480 g/mol. The summed E-state index contributed by atoms with van der Waals surface area (Å²) in [5.74, 6) is -0.583. The van der Waals surface area contributed by atoms with Crippen LogP contribution in [0.3, 0.4) is 0 Å². The third-order valence-corrected chi connectivity index (χ3v) is 23.0. The van der Waals surface area contributed by atoms with Crippen LogP contribution in [-0.2, 0) is 66.1 Å². The lowest BCUT2D eigenvalue weighted by Crippen LogP contribution is -2.30. The lowest BCUT2D eigenvalue weighted by molar-refractivity contribution is -0.148. The van der Waals surface area contributed by atoms with E-state index in [0.717, 1.165) is 14.7 Å². The fourth-order valence-electron chi connectivity index (χ4n) is 11.1. The highest BCUT2D eigenvalue weighted by Crippen LogP contribution is 2.37. The normalized spacial score (nSPS) is 12.6. The summed E-state index contributed by atoms with van der Waals surface area (Å²) in [5.41, 5.74) is 1.44. The SMILES string of the molecule is C=C(C)C(=O)OC1CCC(C(=O)Oc2ccc([S+](c3ccccc3)c3ccccc3)cc2)CC1.C=C(C)C(=O)OCCCCC(=O)Oc1ccc([S+](c2ccccc2)c2ccccc2)cc1.C=C(C)C(=O)Oc1ccc(C(=O)Oc2ccc([S+](c3ccccc3)c3ccccc3)cc2)c2ccccc12.[CH3+].[CH3+].[CH3+]. The lowest BCUT2D eigenvalue weighted by Gasteiger charge is -2.27. The number of unbranched alkanes of at least 4 members (excludes halogenated alkanes) is 1. The largest absolute Gasteiger partial charge is 0.462 e. The van der Waals surface area contributed by atoms with Crippen molar-refractivity contribution in [1.82, 2.24) is 0 Å². The van der Waals surface area contributed by atoms with Gasteiger partial charge in [-0.05, 0) is 222 Å². The molecule has 0 amide bonds. The molecule has 12 rings (SSSR count). The molecule has 0 heterocycles. The van der Waals surface area contributed by atoms with Gasteiger partial charge in [0.25, 0.3) is 0 Å². The zero-order chi connectivity index (χ0) is 73.2. The van der Waals surface area contributed by atoms with E-state index in [1.165, 1.54) is 29.4 Å². The Balaban J connectivity index is 0.000000222. The van der Waals surface area contributed by atoms with E-state index in [2.05, 4.69) is 117 Å². The van der Waals surface area contributed by atoms with Crippen LogP contribution in [0.25, 0.3) is 10.8 Å². The Morgan fingerprint density at radius 1 is 0.346 bits per heavy atom. The first-order valence-electron chi connectivity index (χ1n) is 34.1. The molecule has 0 bridgehead atoms. The van der Waals surface area contributed by atoms with Gasteiger partial charge >= 0.3 is 35.8 Å². The highest BCUT2D eigenvalue weighted by atomic mass is 32.2. The van der Waals surface area contributed by atoms with Crippen molar-refractivity contribution in [3.63, 3.8) is 0 Å². The van der Waals surface area contributed by atoms with Crippen molar-refractivity contribution in [1.29, 1.82) is 0 Å². The maximum absolute atomic E-state index is 13.2. The molecule has 1 aliphatic carbocycles. The summed E-state index contributed by atoms with van der Waals surface area (Å²) in [5, 5.41) is 1.28. The van der Waals surface area contributed by atoms with Crippen molar-refractivity contribution in [2.24, 2.45) is 5.92 Å². The fourth-order valence-corrected chi connectivity index (χ4v) is 17.3. The molecular weight excluding hydrogens is 1390 g/mol. The zero-order valence-corrected chi connectivity index (χ0v) is 63.7. The quantitative estimate of drug-likeness (QED) is 0.0141. The van der Waals surface area contributed by atoms with Crippen LogP contribution in [0.5, 0.6) is 23.0 Å². The first-order valence-corrected chi connectivity index (χ1v) is 37.8. The smallest absolute Gasteiger partial charge is 0.344 e. The highest BCUT2D eigenvalue weighted by Gasteiger charge is 2.33. The molecule has 0 radical (unpaired) electrons. The van der Waals surface area contributed by atoms with Crippen molar-refractivity contribution in [2.75, 3.05) is 6.61 Å². The summed E-state index contributed by atoms with van der Waals surface area (Å²) in [7, 11) is -0.768. The molecule has 107 heavy (non-hydrogen) atoms. The molecule has 0 N–H and O–H groups in total. The molecule has 12 nitrogen and oxygen atoms in total. The molecular formula is C92H90O12S3+6. The van der Waals surface area contributed by atoms with Gasteiger partial charge in [-0.15, -0.1) is 0 Å². The Kier molecular flexibility index (Phi) is 32.3. The number of hydrogen-bond donors (Lipinski definition) is 0. The number of esters is 6. The van der Waals surface area contributed by atoms with Crippen LogP contribution in [0.2, 0.25) is 0 Å². The maximum Gasteiger partial charge on any atom is 0.344 e. The van der Waals surface area contributed by atoms with Gasteiger partial charge in [0, 0.05) is 50.8 Å². The van der Waals surface area contributed by atoms with Crippen molar-refractivity contribution in [2.45, 2.75) is 116 Å². The number of hydrogen-bond acceptors (Lipinski definition) is 12. The second kappa shape index (κ2) is 41.8. The maximum atomic E-state index is 13.2. The molecule has 0 spiro atoms. The minimum Gasteiger partial charge on any atom is -0.462 e. The van der Waals surface area contributed by atoms with Gasteiger partial charge in [-0.25, -0.2) is 19.2 Å². The zero-order valence-electron chi connectivity index (χ0n) is 61.3. The van der Waals surface area contributed by atoms with E-state index in [0.29, 0.717) is 94.6 Å². The Labute approximate surface area is 639 Å². The third kappa shape index (κ3) is 23.7. The van der Waals surface area contributed by atoms with Crippen LogP contribution in [0.15, 0.2) is 372 Å². The van der Waals surface area contributed by atoms with Crippen LogP contribution in [0.4, 0.5) is 0 Å². The third-order valence-electron chi connectivity index (χ3n) is 16.4. The van der Waals surface area contributed by atoms with Crippen molar-refractivity contribution in [3.05, 3.63) is 355 Å². The molecule has 542 valence electrons. The summed E-state index contributed by atoms with van der Waals surface area (Å²) >= 11 is 0. The minimum atomic E-state index is -0.518. The number of rotatable bonds is 24. The Hall–Kier alpha value is -11.6. The number of carbonyl (C=O) groups excluding carboxylic acids is 6. The number of carbonyl (C=O) groups is 6. The molecule has 1 aliphatic rings. The van der Waals surface area contributed by atoms with Crippen LogP contribution < -0.4 is 18.9 Å². The van der Waals surface area contributed by atoms with E-state index in [1.807, 2.05) is 170 Å². The van der Waals surface area contributed by atoms with Gasteiger partial charge in [-0.1, -0.05) is 153 Å². The minimum absolute atomic E-state index is 0. The van der Waals surface area contributed by atoms with Gasteiger partial charge in [0.15, 0.2) is 44.1 Å². The molecule has 11 aromatic carbocycles. The number of ether oxygens (including phenoxy) is 6. The van der Waals surface area contributed by atoms with E-state index in [-0.39, 0.29) is 97.9 Å². The van der Waals surface area contributed by atoms with Gasteiger partial charge in [0.2, 0.25) is 0 Å². The average molecular weight is 1480 g/mol. The second-order valence-electron chi connectivity index (χ2n) is 24.4. The molecule has 0 saturated heterocycles. The van der Waals surface area contributed by atoms with Crippen LogP contribution in [-0.4, -0.2) is 48.5 Å². The molecule has 0 aliphatic heterocycles. The summed E-state index contributed by atoms with van der Waals surface area (Å²) in [4.78, 5) is 83.9. The van der Waals surface area contributed by atoms with E-state index >= 15 is 0 Å². The number of fused-ring (bicyclic) bond motifs is 1. The van der Waals surface area contributed by atoms with E-state index in [1.54, 1.807) is 45.0 Å². The van der Waals surface area contributed by atoms with Crippen LogP contribution >= 0.6 is 0 Å². The van der Waals surface area contributed by atoms with Gasteiger partial charge < -0.3 is 28.4 Å². The van der Waals surface area contributed by atoms with Gasteiger partial charge in [0.05, 0.1) is 50.8 Å². The van der Waals surface area contributed by atoms with E-state index in [9.17, 15) is 28.8 Å². The first-order chi connectivity index (χ1) is 50.6. The summed E-state index contributed by atoms with van der Waals surface area (Å²) in [6.45, 7) is 15.9. The standard InChI is InChI=1S/C33H25O4S.C29H29O4S.C27H27O4S.3CH3/c1-23(2)32(34)37-31-22-21-30(28-15-9-10-16-29(28)31)33(35)36-24-17-19-27(20-18-24)38(25-11-5-3-6-12-25)26-13-7-4-8-14-26;1-21(2)28(30)32-23-15-13-22(14-16-23)29(31)33-24-17-19-27(20-18-24)34(25-9-5-3-6-10-25)26-11-7-4-8-12-26;1-21(2)27(29)30-20-10-9-15-26(28)31-22-16-18-25(19-17-22)32(23-11-5-3-6-12-23)24-13-7-4-8-14-24;;;/h3-22H,1H2,2H3;3-12,17-20,22-23H,1,13-16H2,2H3;3-8,11-14,16-19H,1,9-10,15,20H2,2H3;3*1H3/q6*+1. The predicted octanol–water partition coefficient (Wildman–Crippen LogP) is 21.3. The molecule has 1 saturated carbocycles. The molecule has 0 aromatic heterocycles. The predicted molar refractivity (Wildman–Crippen MR) is 431 cm³/mol. The number of benzene rings is 11.